The Balaban J connectivity index is 1.89. The van der Waals surface area contributed by atoms with Crippen molar-refractivity contribution in [3.8, 4) is 0 Å². The molecule has 6 heteroatoms. The van der Waals surface area contributed by atoms with E-state index in [4.69, 9.17) is 0 Å². The number of hydrogen-bond donors (Lipinski definition) is 2. The molecule has 1 saturated heterocycles. The van der Waals surface area contributed by atoms with Crippen molar-refractivity contribution in [3.63, 3.8) is 0 Å². The van der Waals surface area contributed by atoms with E-state index in [0.717, 1.165) is 23.9 Å². The summed E-state index contributed by atoms with van der Waals surface area (Å²) < 4.78 is 0. The minimum Gasteiger partial charge on any atom is -0.354 e. The largest absolute Gasteiger partial charge is 0.354 e. The van der Waals surface area contributed by atoms with Crippen LogP contribution in [0.2, 0.25) is 0 Å². The molecule has 0 saturated carbocycles. The van der Waals surface area contributed by atoms with E-state index < -0.39 is 0 Å². The number of piperidine rings is 1. The van der Waals surface area contributed by atoms with Crippen LogP contribution in [0.15, 0.2) is 17.5 Å². The van der Waals surface area contributed by atoms with E-state index in [9.17, 15) is 9.59 Å². The fraction of sp³-hybridized carbons (Fsp3) is 0.700. The van der Waals surface area contributed by atoms with Gasteiger partial charge in [-0.25, -0.2) is 0 Å². The Hall–Kier alpha value is -1.40. The second-order valence-electron chi connectivity index (χ2n) is 7.81. The highest BCUT2D eigenvalue weighted by Gasteiger charge is 2.26. The molecule has 0 spiro atoms. The van der Waals surface area contributed by atoms with Gasteiger partial charge in [0.1, 0.15) is 0 Å². The number of likely N-dealkylation sites (tertiary alicyclic amines) is 1. The smallest absolute Gasteiger partial charge is 0.222 e. The number of carbonyl (C=O) groups excluding carboxylic acids is 2. The van der Waals surface area contributed by atoms with Gasteiger partial charge in [0.25, 0.3) is 0 Å². The number of hydrogen-bond acceptors (Lipinski definition) is 4. The molecule has 0 unspecified atom stereocenters. The first-order valence-electron chi connectivity index (χ1n) is 9.68. The summed E-state index contributed by atoms with van der Waals surface area (Å²) in [5.74, 6) is 1.18. The maximum absolute atomic E-state index is 12.5. The van der Waals surface area contributed by atoms with Crippen LogP contribution in [0.1, 0.15) is 57.9 Å². The lowest BCUT2D eigenvalue weighted by Crippen LogP contribution is -2.50. The van der Waals surface area contributed by atoms with Gasteiger partial charge >= 0.3 is 0 Å². The molecule has 0 aromatic carbocycles. The predicted molar refractivity (Wildman–Crippen MR) is 107 cm³/mol. The lowest BCUT2D eigenvalue weighted by atomic mass is 9.94. The Bertz CT molecular complexity index is 566. The van der Waals surface area contributed by atoms with E-state index in [-0.39, 0.29) is 24.3 Å². The molecule has 1 aromatic heterocycles. The number of amides is 2. The standard InChI is InChI=1S/C20H33N3O2S/c1-14(2)18(23-9-7-15(3)8-10-23)13-21-20(25)12-17(22-16(4)24)19-6-5-11-26-19/h5-6,11,14-15,17-18H,7-10,12-13H2,1-4H3,(H,21,25)(H,22,24)/t17-,18-/m0/s1. The zero-order valence-electron chi connectivity index (χ0n) is 16.5. The third-order valence-electron chi connectivity index (χ3n) is 5.22. The van der Waals surface area contributed by atoms with Crippen LogP contribution in [0.5, 0.6) is 0 Å². The summed E-state index contributed by atoms with van der Waals surface area (Å²) in [6, 6.07) is 4.02. The van der Waals surface area contributed by atoms with Crippen LogP contribution in [0, 0.1) is 11.8 Å². The zero-order chi connectivity index (χ0) is 19.1. The lowest BCUT2D eigenvalue weighted by molar-refractivity contribution is -0.123. The molecule has 5 nitrogen and oxygen atoms in total. The normalized spacial score (nSPS) is 18.5. The quantitative estimate of drug-likeness (QED) is 0.729. The van der Waals surface area contributed by atoms with Crippen molar-refractivity contribution < 1.29 is 9.59 Å². The van der Waals surface area contributed by atoms with E-state index in [1.165, 1.54) is 19.8 Å². The first-order valence-corrected chi connectivity index (χ1v) is 10.6. The summed E-state index contributed by atoms with van der Waals surface area (Å²) in [5, 5.41) is 7.97. The van der Waals surface area contributed by atoms with Crippen molar-refractivity contribution >= 4 is 23.2 Å². The number of nitrogens with zero attached hydrogens (tertiary/aromatic N) is 1. The van der Waals surface area contributed by atoms with Crippen LogP contribution < -0.4 is 10.6 Å². The molecule has 2 atom stereocenters. The van der Waals surface area contributed by atoms with Crippen LogP contribution in [-0.4, -0.2) is 42.4 Å². The molecular formula is C20H33N3O2S. The summed E-state index contributed by atoms with van der Waals surface area (Å²) in [4.78, 5) is 27.5. The van der Waals surface area contributed by atoms with Crippen LogP contribution >= 0.6 is 11.3 Å². The Morgan fingerprint density at radius 1 is 1.31 bits per heavy atom. The maximum atomic E-state index is 12.5. The fourth-order valence-electron chi connectivity index (χ4n) is 3.58. The van der Waals surface area contributed by atoms with Crippen LogP contribution in [-0.2, 0) is 9.59 Å². The molecule has 2 N–H and O–H groups in total. The average Bonchev–Trinajstić information content (AvgIpc) is 3.10. The fourth-order valence-corrected chi connectivity index (χ4v) is 4.36. The first-order chi connectivity index (χ1) is 12.4. The molecule has 26 heavy (non-hydrogen) atoms. The summed E-state index contributed by atoms with van der Waals surface area (Å²) in [7, 11) is 0. The highest BCUT2D eigenvalue weighted by atomic mass is 32.1. The van der Waals surface area contributed by atoms with Crippen LogP contribution in [0.3, 0.4) is 0 Å². The molecule has 0 radical (unpaired) electrons. The predicted octanol–water partition coefficient (Wildman–Crippen LogP) is 3.19. The van der Waals surface area contributed by atoms with Crippen molar-refractivity contribution in [1.82, 2.24) is 15.5 Å². The van der Waals surface area contributed by atoms with Crippen molar-refractivity contribution in [3.05, 3.63) is 22.4 Å². The topological polar surface area (TPSA) is 61.4 Å². The third kappa shape index (κ3) is 6.40. The van der Waals surface area contributed by atoms with Crippen molar-refractivity contribution in [2.75, 3.05) is 19.6 Å². The average molecular weight is 380 g/mol. The first kappa shape index (κ1) is 20.9. The van der Waals surface area contributed by atoms with Gasteiger partial charge in [0, 0.05) is 24.4 Å². The van der Waals surface area contributed by atoms with Crippen molar-refractivity contribution in [1.29, 1.82) is 0 Å². The van der Waals surface area contributed by atoms with Crippen LogP contribution in [0.4, 0.5) is 0 Å². The van der Waals surface area contributed by atoms with Gasteiger partial charge in [0.2, 0.25) is 11.8 Å². The van der Waals surface area contributed by atoms with Crippen LogP contribution in [0.25, 0.3) is 0 Å². The van der Waals surface area contributed by atoms with Gasteiger partial charge in [0.15, 0.2) is 0 Å². The Labute approximate surface area is 161 Å². The minimum absolute atomic E-state index is 0.00632. The van der Waals surface area contributed by atoms with E-state index >= 15 is 0 Å². The van der Waals surface area contributed by atoms with E-state index in [1.807, 2.05) is 17.5 Å². The molecule has 0 bridgehead atoms. The molecule has 1 aliphatic rings. The maximum Gasteiger partial charge on any atom is 0.222 e. The lowest BCUT2D eigenvalue weighted by Gasteiger charge is -2.39. The summed E-state index contributed by atoms with van der Waals surface area (Å²) in [6.07, 6.45) is 2.75. The van der Waals surface area contributed by atoms with Crippen molar-refractivity contribution in [2.45, 2.75) is 59.0 Å². The number of nitrogens with one attached hydrogen (secondary N) is 2. The molecule has 2 amide bonds. The van der Waals surface area contributed by atoms with Gasteiger partial charge in [0.05, 0.1) is 12.5 Å². The molecule has 2 heterocycles. The van der Waals surface area contributed by atoms with E-state index in [1.54, 1.807) is 11.3 Å². The number of rotatable bonds is 8. The second-order valence-corrected chi connectivity index (χ2v) is 8.79. The van der Waals surface area contributed by atoms with E-state index in [0.29, 0.717) is 18.5 Å². The highest BCUT2D eigenvalue weighted by molar-refractivity contribution is 7.10. The summed E-state index contributed by atoms with van der Waals surface area (Å²) in [5.41, 5.74) is 0. The number of carbonyl (C=O) groups is 2. The van der Waals surface area contributed by atoms with Gasteiger partial charge in [-0.1, -0.05) is 26.8 Å². The molecule has 0 aliphatic carbocycles. The monoisotopic (exact) mass is 379 g/mol. The molecule has 1 aromatic rings. The third-order valence-corrected chi connectivity index (χ3v) is 6.20. The summed E-state index contributed by atoms with van der Waals surface area (Å²) >= 11 is 1.56. The summed E-state index contributed by atoms with van der Waals surface area (Å²) in [6.45, 7) is 11.2. The minimum atomic E-state index is -0.249. The SMILES string of the molecule is CC(=O)N[C@@H](CC(=O)NC[C@@H](C(C)C)N1CCC(C)CC1)c1cccs1. The number of thiophene rings is 1. The molecule has 1 fully saturated rings. The Morgan fingerprint density at radius 3 is 2.54 bits per heavy atom. The zero-order valence-corrected chi connectivity index (χ0v) is 17.3. The van der Waals surface area contributed by atoms with E-state index in [2.05, 4.69) is 36.3 Å². The van der Waals surface area contributed by atoms with Gasteiger partial charge in [-0.3, -0.25) is 14.5 Å². The van der Waals surface area contributed by atoms with Gasteiger partial charge in [-0.05, 0) is 49.2 Å². The van der Waals surface area contributed by atoms with Gasteiger partial charge in [-0.2, -0.15) is 0 Å². The molecular weight excluding hydrogens is 346 g/mol. The van der Waals surface area contributed by atoms with Gasteiger partial charge < -0.3 is 10.6 Å². The Kier molecular flexibility index (Phi) is 8.10. The van der Waals surface area contributed by atoms with Crippen molar-refractivity contribution in [2.24, 2.45) is 11.8 Å². The molecule has 146 valence electrons. The molecule has 2 rings (SSSR count). The second kappa shape index (κ2) is 10.1. The molecule has 1 aliphatic heterocycles. The highest BCUT2D eigenvalue weighted by Crippen LogP contribution is 2.23. The van der Waals surface area contributed by atoms with Gasteiger partial charge in [-0.15, -0.1) is 11.3 Å². The Morgan fingerprint density at radius 2 is 2.00 bits per heavy atom.